The van der Waals surface area contributed by atoms with Gasteiger partial charge in [-0.15, -0.1) is 0 Å². The van der Waals surface area contributed by atoms with Gasteiger partial charge in [-0.1, -0.05) is 18.2 Å². The predicted molar refractivity (Wildman–Crippen MR) is 82.7 cm³/mol. The number of nitrogens with zero attached hydrogens (tertiary/aromatic N) is 2. The summed E-state index contributed by atoms with van der Waals surface area (Å²) in [4.78, 5) is 5.04. The third-order valence-electron chi connectivity index (χ3n) is 4.21. The third-order valence-corrected chi connectivity index (χ3v) is 4.21. The molecule has 0 radical (unpaired) electrons. The molecule has 106 valence electrons. The zero-order valence-electron chi connectivity index (χ0n) is 12.5. The van der Waals surface area contributed by atoms with Gasteiger partial charge < -0.3 is 15.5 Å². The van der Waals surface area contributed by atoms with E-state index in [-0.39, 0.29) is 0 Å². The number of aryl methyl sites for hydroxylation is 1. The maximum Gasteiger partial charge on any atom is 0.0432 e. The lowest BCUT2D eigenvalue weighted by molar-refractivity contribution is 0.326. The maximum atomic E-state index is 5.83. The fraction of sp³-hybridized carbons (Fsp3) is 0.625. The number of para-hydroxylation sites is 1. The van der Waals surface area contributed by atoms with E-state index in [1.807, 2.05) is 0 Å². The molecule has 1 aromatic carbocycles. The number of benzene rings is 1. The SMILES string of the molecule is Cc1ccccc1N1C(C)CCN(C)CC1CCN. The van der Waals surface area contributed by atoms with Gasteiger partial charge in [-0.25, -0.2) is 0 Å². The summed E-state index contributed by atoms with van der Waals surface area (Å²) in [5, 5.41) is 0. The molecule has 0 saturated carbocycles. The first-order valence-corrected chi connectivity index (χ1v) is 7.36. The van der Waals surface area contributed by atoms with E-state index in [1.165, 1.54) is 24.2 Å². The Bertz CT molecular complexity index is 405. The second-order valence-electron chi connectivity index (χ2n) is 5.82. The average molecular weight is 261 g/mol. The second kappa shape index (κ2) is 6.40. The monoisotopic (exact) mass is 261 g/mol. The Morgan fingerprint density at radius 2 is 2.05 bits per heavy atom. The molecule has 2 atom stereocenters. The maximum absolute atomic E-state index is 5.83. The van der Waals surface area contributed by atoms with Crippen LogP contribution in [0.3, 0.4) is 0 Å². The summed E-state index contributed by atoms with van der Waals surface area (Å²) >= 11 is 0. The van der Waals surface area contributed by atoms with Crippen LogP contribution in [0.5, 0.6) is 0 Å². The minimum atomic E-state index is 0.522. The van der Waals surface area contributed by atoms with Crippen LogP contribution in [0.25, 0.3) is 0 Å². The zero-order valence-corrected chi connectivity index (χ0v) is 12.5. The van der Waals surface area contributed by atoms with E-state index in [0.29, 0.717) is 12.1 Å². The minimum Gasteiger partial charge on any atom is -0.364 e. The molecular weight excluding hydrogens is 234 g/mol. The number of likely N-dealkylation sites (N-methyl/N-ethyl adjacent to an activating group) is 1. The summed E-state index contributed by atoms with van der Waals surface area (Å²) < 4.78 is 0. The van der Waals surface area contributed by atoms with Crippen molar-refractivity contribution < 1.29 is 0 Å². The highest BCUT2D eigenvalue weighted by Crippen LogP contribution is 2.28. The molecule has 0 spiro atoms. The molecule has 1 heterocycles. The van der Waals surface area contributed by atoms with Crippen molar-refractivity contribution in [3.63, 3.8) is 0 Å². The molecule has 3 nitrogen and oxygen atoms in total. The van der Waals surface area contributed by atoms with Gasteiger partial charge >= 0.3 is 0 Å². The minimum absolute atomic E-state index is 0.522. The first kappa shape index (κ1) is 14.4. The van der Waals surface area contributed by atoms with E-state index in [1.54, 1.807) is 0 Å². The van der Waals surface area contributed by atoms with Crippen molar-refractivity contribution in [2.45, 2.75) is 38.8 Å². The molecule has 2 N–H and O–H groups in total. The molecule has 1 saturated heterocycles. The predicted octanol–water partition coefficient (Wildman–Crippen LogP) is 2.24. The first-order chi connectivity index (χ1) is 9.13. The van der Waals surface area contributed by atoms with E-state index >= 15 is 0 Å². The van der Waals surface area contributed by atoms with Crippen LogP contribution in [0.15, 0.2) is 24.3 Å². The van der Waals surface area contributed by atoms with Crippen molar-refractivity contribution >= 4 is 5.69 Å². The lowest BCUT2D eigenvalue weighted by Crippen LogP contribution is -2.45. The van der Waals surface area contributed by atoms with Crippen molar-refractivity contribution in [1.82, 2.24) is 4.90 Å². The summed E-state index contributed by atoms with van der Waals surface area (Å²) in [5.74, 6) is 0. The van der Waals surface area contributed by atoms with Crippen LogP contribution < -0.4 is 10.6 Å². The molecule has 19 heavy (non-hydrogen) atoms. The Kier molecular flexibility index (Phi) is 4.83. The second-order valence-corrected chi connectivity index (χ2v) is 5.82. The average Bonchev–Trinajstić information content (AvgIpc) is 2.51. The van der Waals surface area contributed by atoms with Crippen LogP contribution >= 0.6 is 0 Å². The van der Waals surface area contributed by atoms with Gasteiger partial charge in [0.2, 0.25) is 0 Å². The van der Waals surface area contributed by atoms with E-state index in [9.17, 15) is 0 Å². The Morgan fingerprint density at radius 3 is 2.74 bits per heavy atom. The van der Waals surface area contributed by atoms with Crippen LogP contribution in [-0.2, 0) is 0 Å². The number of rotatable bonds is 3. The molecule has 1 aliphatic heterocycles. The van der Waals surface area contributed by atoms with Crippen molar-refractivity contribution in [3.05, 3.63) is 29.8 Å². The summed E-state index contributed by atoms with van der Waals surface area (Å²) in [5.41, 5.74) is 8.57. The summed E-state index contributed by atoms with van der Waals surface area (Å²) in [6, 6.07) is 9.81. The third kappa shape index (κ3) is 3.28. The summed E-state index contributed by atoms with van der Waals surface area (Å²) in [6.07, 6.45) is 2.27. The number of nitrogens with two attached hydrogens (primary N) is 1. The molecule has 1 fully saturated rings. The molecular formula is C16H27N3. The number of anilines is 1. The normalized spacial score (nSPS) is 25.4. The van der Waals surface area contributed by atoms with Crippen LogP contribution in [0.4, 0.5) is 5.69 Å². The van der Waals surface area contributed by atoms with Crippen LogP contribution in [0.1, 0.15) is 25.3 Å². The standard InChI is InChI=1S/C16H27N3/c1-13-6-4-5-7-16(13)19-14(2)9-11-18(3)12-15(19)8-10-17/h4-7,14-15H,8-12,17H2,1-3H3. The van der Waals surface area contributed by atoms with Gasteiger partial charge in [-0.2, -0.15) is 0 Å². The van der Waals surface area contributed by atoms with Crippen molar-refractivity contribution in [2.24, 2.45) is 5.73 Å². The highest BCUT2D eigenvalue weighted by atomic mass is 15.3. The topological polar surface area (TPSA) is 32.5 Å². The molecule has 2 unspecified atom stereocenters. The first-order valence-electron chi connectivity index (χ1n) is 7.36. The van der Waals surface area contributed by atoms with Gasteiger partial charge in [0.1, 0.15) is 0 Å². The summed E-state index contributed by atoms with van der Waals surface area (Å²) in [7, 11) is 2.22. The smallest absolute Gasteiger partial charge is 0.0432 e. The van der Waals surface area contributed by atoms with E-state index < -0.39 is 0 Å². The van der Waals surface area contributed by atoms with Crippen LogP contribution in [-0.4, -0.2) is 43.7 Å². The quantitative estimate of drug-likeness (QED) is 0.906. The van der Waals surface area contributed by atoms with Crippen molar-refractivity contribution in [3.8, 4) is 0 Å². The fourth-order valence-electron chi connectivity index (χ4n) is 3.16. The lowest BCUT2D eigenvalue weighted by Gasteiger charge is -2.38. The highest BCUT2D eigenvalue weighted by molar-refractivity contribution is 5.54. The van der Waals surface area contributed by atoms with Gasteiger partial charge in [-0.05, 0) is 58.5 Å². The lowest BCUT2D eigenvalue weighted by atomic mass is 10.0. The van der Waals surface area contributed by atoms with Gasteiger partial charge in [0.15, 0.2) is 0 Å². The molecule has 0 aliphatic carbocycles. The van der Waals surface area contributed by atoms with Crippen molar-refractivity contribution in [2.75, 3.05) is 31.6 Å². The molecule has 0 aromatic heterocycles. The molecule has 0 bridgehead atoms. The highest BCUT2D eigenvalue weighted by Gasteiger charge is 2.28. The zero-order chi connectivity index (χ0) is 13.8. The molecule has 0 amide bonds. The Balaban J connectivity index is 2.33. The largest absolute Gasteiger partial charge is 0.364 e. The van der Waals surface area contributed by atoms with Crippen molar-refractivity contribution in [1.29, 1.82) is 0 Å². The molecule has 3 heteroatoms. The number of hydrogen-bond donors (Lipinski definition) is 1. The fourth-order valence-corrected chi connectivity index (χ4v) is 3.16. The van der Waals surface area contributed by atoms with Gasteiger partial charge in [-0.3, -0.25) is 0 Å². The molecule has 2 rings (SSSR count). The Hall–Kier alpha value is -1.06. The van der Waals surface area contributed by atoms with Gasteiger partial charge in [0.05, 0.1) is 0 Å². The van der Waals surface area contributed by atoms with E-state index in [0.717, 1.165) is 19.5 Å². The van der Waals surface area contributed by atoms with Crippen LogP contribution in [0.2, 0.25) is 0 Å². The molecule has 1 aliphatic rings. The van der Waals surface area contributed by atoms with Crippen LogP contribution in [0, 0.1) is 6.92 Å². The Labute approximate surface area is 117 Å². The summed E-state index contributed by atoms with van der Waals surface area (Å²) in [6.45, 7) is 7.58. The van der Waals surface area contributed by atoms with E-state index in [4.69, 9.17) is 5.73 Å². The van der Waals surface area contributed by atoms with Gasteiger partial charge in [0, 0.05) is 24.3 Å². The van der Waals surface area contributed by atoms with Gasteiger partial charge in [0.25, 0.3) is 0 Å². The van der Waals surface area contributed by atoms with E-state index in [2.05, 4.69) is 55.0 Å². The Morgan fingerprint density at radius 1 is 1.32 bits per heavy atom. The number of hydrogen-bond acceptors (Lipinski definition) is 3. The molecule has 1 aromatic rings.